The fourth-order valence-corrected chi connectivity index (χ4v) is 2.50. The van der Waals surface area contributed by atoms with Crippen molar-refractivity contribution < 1.29 is 4.79 Å². The normalized spacial score (nSPS) is 20.2. The standard InChI is InChI=1S/C15H22N2O/c1-15(2,12-6-4-3-5-7-12)10-14(18)17-9-8-13(16)11-17/h3-7,13H,8-11,16H2,1-2H3/t13-/m1/s1. The first-order chi connectivity index (χ1) is 8.49. The summed E-state index contributed by atoms with van der Waals surface area (Å²) in [6, 6.07) is 10.4. The second-order valence-corrected chi connectivity index (χ2v) is 5.82. The molecule has 0 aromatic heterocycles. The lowest BCUT2D eigenvalue weighted by molar-refractivity contribution is -0.131. The molecule has 0 saturated carbocycles. The first-order valence-electron chi connectivity index (χ1n) is 6.58. The van der Waals surface area contributed by atoms with Gasteiger partial charge in [-0.15, -0.1) is 0 Å². The maximum atomic E-state index is 12.3. The van der Waals surface area contributed by atoms with E-state index in [2.05, 4.69) is 26.0 Å². The molecule has 3 heteroatoms. The van der Waals surface area contributed by atoms with E-state index in [9.17, 15) is 4.79 Å². The lowest BCUT2D eigenvalue weighted by atomic mass is 9.81. The quantitative estimate of drug-likeness (QED) is 0.885. The summed E-state index contributed by atoms with van der Waals surface area (Å²) in [6.07, 6.45) is 1.47. The molecule has 1 atom stereocenters. The lowest BCUT2D eigenvalue weighted by Gasteiger charge is -2.27. The van der Waals surface area contributed by atoms with Gasteiger partial charge >= 0.3 is 0 Å². The van der Waals surface area contributed by atoms with Gasteiger partial charge in [-0.2, -0.15) is 0 Å². The first-order valence-corrected chi connectivity index (χ1v) is 6.58. The SMILES string of the molecule is CC(C)(CC(=O)N1CC[C@@H](N)C1)c1ccccc1. The zero-order chi connectivity index (χ0) is 13.2. The lowest BCUT2D eigenvalue weighted by Crippen LogP contribution is -2.35. The van der Waals surface area contributed by atoms with Crippen LogP contribution in [-0.2, 0) is 10.2 Å². The molecular formula is C15H22N2O. The highest BCUT2D eigenvalue weighted by molar-refractivity contribution is 5.78. The fraction of sp³-hybridized carbons (Fsp3) is 0.533. The van der Waals surface area contributed by atoms with Crippen LogP contribution in [-0.4, -0.2) is 29.9 Å². The molecule has 1 aromatic carbocycles. The van der Waals surface area contributed by atoms with Crippen molar-refractivity contribution in [1.82, 2.24) is 4.90 Å². The minimum atomic E-state index is -0.120. The van der Waals surface area contributed by atoms with Gasteiger partial charge in [0.2, 0.25) is 5.91 Å². The molecule has 0 radical (unpaired) electrons. The van der Waals surface area contributed by atoms with Crippen molar-refractivity contribution in [2.24, 2.45) is 5.73 Å². The number of nitrogens with two attached hydrogens (primary N) is 1. The van der Waals surface area contributed by atoms with Crippen LogP contribution in [0.4, 0.5) is 0 Å². The zero-order valence-electron chi connectivity index (χ0n) is 11.2. The number of hydrogen-bond acceptors (Lipinski definition) is 2. The van der Waals surface area contributed by atoms with Crippen molar-refractivity contribution in [2.45, 2.75) is 38.1 Å². The van der Waals surface area contributed by atoms with Crippen molar-refractivity contribution >= 4 is 5.91 Å². The fourth-order valence-electron chi connectivity index (χ4n) is 2.50. The predicted molar refractivity (Wildman–Crippen MR) is 73.3 cm³/mol. The minimum absolute atomic E-state index is 0.120. The smallest absolute Gasteiger partial charge is 0.223 e. The molecule has 1 heterocycles. The Morgan fingerprint density at radius 1 is 1.39 bits per heavy atom. The maximum Gasteiger partial charge on any atom is 0.223 e. The highest BCUT2D eigenvalue weighted by Crippen LogP contribution is 2.28. The van der Waals surface area contributed by atoms with E-state index in [1.165, 1.54) is 5.56 Å². The Kier molecular flexibility index (Phi) is 3.71. The Morgan fingerprint density at radius 2 is 2.06 bits per heavy atom. The van der Waals surface area contributed by atoms with Crippen LogP contribution in [0.3, 0.4) is 0 Å². The molecule has 0 unspecified atom stereocenters. The summed E-state index contributed by atoms with van der Waals surface area (Å²) in [6.45, 7) is 5.76. The van der Waals surface area contributed by atoms with Crippen LogP contribution in [0.1, 0.15) is 32.3 Å². The molecule has 1 fully saturated rings. The summed E-state index contributed by atoms with van der Waals surface area (Å²) in [5.41, 5.74) is 6.93. The Labute approximate surface area is 109 Å². The van der Waals surface area contributed by atoms with Gasteiger partial charge in [-0.05, 0) is 17.4 Å². The average molecular weight is 246 g/mol. The van der Waals surface area contributed by atoms with E-state index < -0.39 is 0 Å². The van der Waals surface area contributed by atoms with Crippen LogP contribution in [0.15, 0.2) is 30.3 Å². The second kappa shape index (κ2) is 5.11. The van der Waals surface area contributed by atoms with Crippen LogP contribution < -0.4 is 5.73 Å². The van der Waals surface area contributed by atoms with E-state index in [0.29, 0.717) is 13.0 Å². The van der Waals surface area contributed by atoms with E-state index in [1.807, 2.05) is 23.1 Å². The van der Waals surface area contributed by atoms with Crippen molar-refractivity contribution in [1.29, 1.82) is 0 Å². The third-order valence-electron chi connectivity index (χ3n) is 3.73. The molecule has 0 spiro atoms. The van der Waals surface area contributed by atoms with Crippen molar-refractivity contribution in [2.75, 3.05) is 13.1 Å². The number of rotatable bonds is 3. The molecule has 1 saturated heterocycles. The van der Waals surface area contributed by atoms with Gasteiger partial charge in [-0.1, -0.05) is 44.2 Å². The topological polar surface area (TPSA) is 46.3 Å². The number of carbonyl (C=O) groups is 1. The van der Waals surface area contributed by atoms with E-state index in [0.717, 1.165) is 13.0 Å². The molecule has 2 rings (SSSR count). The third-order valence-corrected chi connectivity index (χ3v) is 3.73. The summed E-state index contributed by atoms with van der Waals surface area (Å²) in [5, 5.41) is 0. The van der Waals surface area contributed by atoms with Crippen molar-refractivity contribution in [3.05, 3.63) is 35.9 Å². The van der Waals surface area contributed by atoms with E-state index in [1.54, 1.807) is 0 Å². The van der Waals surface area contributed by atoms with Gasteiger partial charge in [0.25, 0.3) is 0 Å². The second-order valence-electron chi connectivity index (χ2n) is 5.82. The van der Waals surface area contributed by atoms with Crippen LogP contribution in [0.25, 0.3) is 0 Å². The minimum Gasteiger partial charge on any atom is -0.341 e. The van der Waals surface area contributed by atoms with Gasteiger partial charge < -0.3 is 10.6 Å². The van der Waals surface area contributed by atoms with Gasteiger partial charge in [0.1, 0.15) is 0 Å². The van der Waals surface area contributed by atoms with Crippen LogP contribution >= 0.6 is 0 Å². The third kappa shape index (κ3) is 2.91. The number of amides is 1. The molecule has 3 nitrogen and oxygen atoms in total. The van der Waals surface area contributed by atoms with Gasteiger partial charge in [-0.25, -0.2) is 0 Å². The average Bonchev–Trinajstić information content (AvgIpc) is 2.77. The molecule has 1 amide bonds. The number of nitrogens with zero attached hydrogens (tertiary/aromatic N) is 1. The molecule has 1 aliphatic rings. The Bertz CT molecular complexity index is 414. The molecule has 2 N–H and O–H groups in total. The number of benzene rings is 1. The van der Waals surface area contributed by atoms with Crippen molar-refractivity contribution in [3.63, 3.8) is 0 Å². The van der Waals surface area contributed by atoms with Gasteiger partial charge in [0, 0.05) is 25.6 Å². The Balaban J connectivity index is 2.02. The largest absolute Gasteiger partial charge is 0.341 e. The summed E-state index contributed by atoms with van der Waals surface area (Å²) in [5.74, 6) is 0.219. The zero-order valence-corrected chi connectivity index (χ0v) is 11.2. The van der Waals surface area contributed by atoms with Crippen LogP contribution in [0, 0.1) is 0 Å². The Hall–Kier alpha value is -1.35. The molecule has 18 heavy (non-hydrogen) atoms. The molecule has 1 aromatic rings. The first kappa shape index (κ1) is 13.1. The molecule has 0 bridgehead atoms. The molecule has 1 aliphatic heterocycles. The molecule has 0 aliphatic carbocycles. The summed E-state index contributed by atoms with van der Waals surface area (Å²) < 4.78 is 0. The molecule has 98 valence electrons. The summed E-state index contributed by atoms with van der Waals surface area (Å²) in [4.78, 5) is 14.1. The van der Waals surface area contributed by atoms with Crippen LogP contribution in [0.2, 0.25) is 0 Å². The van der Waals surface area contributed by atoms with E-state index >= 15 is 0 Å². The monoisotopic (exact) mass is 246 g/mol. The summed E-state index contributed by atoms with van der Waals surface area (Å²) >= 11 is 0. The Morgan fingerprint density at radius 3 is 2.61 bits per heavy atom. The number of carbonyl (C=O) groups excluding carboxylic acids is 1. The predicted octanol–water partition coefficient (Wildman–Crippen LogP) is 1.91. The van der Waals surface area contributed by atoms with Crippen LogP contribution in [0.5, 0.6) is 0 Å². The highest BCUT2D eigenvalue weighted by atomic mass is 16.2. The van der Waals surface area contributed by atoms with Gasteiger partial charge in [0.15, 0.2) is 0 Å². The van der Waals surface area contributed by atoms with Gasteiger partial charge in [0.05, 0.1) is 0 Å². The summed E-state index contributed by atoms with van der Waals surface area (Å²) in [7, 11) is 0. The molecular weight excluding hydrogens is 224 g/mol. The number of hydrogen-bond donors (Lipinski definition) is 1. The van der Waals surface area contributed by atoms with Crippen molar-refractivity contribution in [3.8, 4) is 0 Å². The van der Waals surface area contributed by atoms with E-state index in [-0.39, 0.29) is 17.4 Å². The number of likely N-dealkylation sites (tertiary alicyclic amines) is 1. The maximum absolute atomic E-state index is 12.3. The highest BCUT2D eigenvalue weighted by Gasteiger charge is 2.29. The van der Waals surface area contributed by atoms with Gasteiger partial charge in [-0.3, -0.25) is 4.79 Å². The van der Waals surface area contributed by atoms with E-state index in [4.69, 9.17) is 5.73 Å².